The van der Waals surface area contributed by atoms with Gasteiger partial charge in [0.25, 0.3) is 0 Å². The maximum absolute atomic E-state index is 12.9. The lowest BCUT2D eigenvalue weighted by molar-refractivity contribution is -0.176. The van der Waals surface area contributed by atoms with Crippen molar-refractivity contribution in [2.45, 2.75) is 32.0 Å². The molecule has 6 heteroatoms. The standard InChI is InChI=1S/C15H17F3N2O/c1-10(21)13-5-4-11(8-19)7-14(13)20-6-2-3-12(9-20)15(16,17)18/h4-5,7,10,12,21H,2-3,6,9H2,1H3/t10-,12?/m1/s1. The number of hydrogen-bond acceptors (Lipinski definition) is 3. The lowest BCUT2D eigenvalue weighted by atomic mass is 9.95. The predicted molar refractivity (Wildman–Crippen MR) is 72.8 cm³/mol. The smallest absolute Gasteiger partial charge is 0.389 e. The summed E-state index contributed by atoms with van der Waals surface area (Å²) in [5.41, 5.74) is 1.46. The quantitative estimate of drug-likeness (QED) is 0.910. The van der Waals surface area contributed by atoms with Crippen LogP contribution < -0.4 is 4.90 Å². The molecule has 1 unspecified atom stereocenters. The second-order valence-electron chi connectivity index (χ2n) is 5.39. The topological polar surface area (TPSA) is 47.3 Å². The van der Waals surface area contributed by atoms with Gasteiger partial charge in [0.1, 0.15) is 0 Å². The van der Waals surface area contributed by atoms with Crippen molar-refractivity contribution in [2.75, 3.05) is 18.0 Å². The zero-order valence-electron chi connectivity index (χ0n) is 11.7. The number of hydrogen-bond donors (Lipinski definition) is 1. The molecule has 1 aliphatic heterocycles. The van der Waals surface area contributed by atoms with Gasteiger partial charge >= 0.3 is 6.18 Å². The van der Waals surface area contributed by atoms with Gasteiger partial charge in [-0.3, -0.25) is 0 Å². The van der Waals surface area contributed by atoms with Gasteiger partial charge in [0.15, 0.2) is 0 Å². The van der Waals surface area contributed by atoms with Gasteiger partial charge in [-0.25, -0.2) is 0 Å². The number of nitrogens with zero attached hydrogens (tertiary/aromatic N) is 2. The van der Waals surface area contributed by atoms with E-state index < -0.39 is 18.2 Å². The van der Waals surface area contributed by atoms with E-state index in [-0.39, 0.29) is 13.0 Å². The van der Waals surface area contributed by atoms with Crippen LogP contribution in [0, 0.1) is 17.2 Å². The molecule has 21 heavy (non-hydrogen) atoms. The molecule has 0 spiro atoms. The molecule has 0 aromatic heterocycles. The number of nitriles is 1. The monoisotopic (exact) mass is 298 g/mol. The van der Waals surface area contributed by atoms with Crippen LogP contribution in [0.2, 0.25) is 0 Å². The molecule has 0 saturated carbocycles. The van der Waals surface area contributed by atoms with E-state index in [0.29, 0.717) is 29.8 Å². The van der Waals surface area contributed by atoms with Crippen LogP contribution in [0.15, 0.2) is 18.2 Å². The number of alkyl halides is 3. The van der Waals surface area contributed by atoms with Gasteiger partial charge in [-0.2, -0.15) is 18.4 Å². The van der Waals surface area contributed by atoms with Crippen LogP contribution in [-0.2, 0) is 0 Å². The predicted octanol–water partition coefficient (Wildman–Crippen LogP) is 3.39. The molecule has 1 N–H and O–H groups in total. The van der Waals surface area contributed by atoms with Crippen LogP contribution in [0.3, 0.4) is 0 Å². The zero-order valence-corrected chi connectivity index (χ0v) is 11.7. The highest BCUT2D eigenvalue weighted by Crippen LogP contribution is 2.37. The van der Waals surface area contributed by atoms with Crippen molar-refractivity contribution in [2.24, 2.45) is 5.92 Å². The van der Waals surface area contributed by atoms with Gasteiger partial charge in [-0.1, -0.05) is 6.07 Å². The molecule has 114 valence electrons. The van der Waals surface area contributed by atoms with Gasteiger partial charge in [-0.15, -0.1) is 0 Å². The third-order valence-corrected chi connectivity index (χ3v) is 3.83. The summed E-state index contributed by atoms with van der Waals surface area (Å²) < 4.78 is 38.7. The van der Waals surface area contributed by atoms with E-state index in [1.165, 1.54) is 0 Å². The van der Waals surface area contributed by atoms with Crippen LogP contribution in [0.1, 0.15) is 37.0 Å². The Labute approximate surface area is 121 Å². The van der Waals surface area contributed by atoms with Crippen molar-refractivity contribution < 1.29 is 18.3 Å². The number of benzene rings is 1. The maximum Gasteiger partial charge on any atom is 0.393 e. The van der Waals surface area contributed by atoms with Crippen molar-refractivity contribution >= 4 is 5.69 Å². The van der Waals surface area contributed by atoms with Crippen molar-refractivity contribution in [3.05, 3.63) is 29.3 Å². The number of rotatable bonds is 2. The van der Waals surface area contributed by atoms with E-state index >= 15 is 0 Å². The largest absolute Gasteiger partial charge is 0.393 e. The molecule has 0 aliphatic carbocycles. The average Bonchev–Trinajstić information content (AvgIpc) is 2.45. The van der Waals surface area contributed by atoms with E-state index in [9.17, 15) is 18.3 Å². The molecule has 1 fully saturated rings. The molecule has 1 heterocycles. The molecule has 2 atom stereocenters. The Morgan fingerprint density at radius 2 is 2.14 bits per heavy atom. The van der Waals surface area contributed by atoms with Gasteiger partial charge in [0.2, 0.25) is 0 Å². The van der Waals surface area contributed by atoms with Gasteiger partial charge < -0.3 is 10.0 Å². The third kappa shape index (κ3) is 3.48. The average molecular weight is 298 g/mol. The second kappa shape index (κ2) is 5.94. The molecule has 0 amide bonds. The molecule has 1 saturated heterocycles. The van der Waals surface area contributed by atoms with Crippen LogP contribution in [0.5, 0.6) is 0 Å². The fraction of sp³-hybridized carbons (Fsp3) is 0.533. The zero-order chi connectivity index (χ0) is 15.6. The molecule has 0 radical (unpaired) electrons. The number of piperidine rings is 1. The molecule has 1 aromatic carbocycles. The second-order valence-corrected chi connectivity index (χ2v) is 5.39. The maximum atomic E-state index is 12.9. The first-order valence-corrected chi connectivity index (χ1v) is 6.86. The molecule has 1 aromatic rings. The van der Waals surface area contributed by atoms with E-state index in [4.69, 9.17) is 5.26 Å². The SMILES string of the molecule is C[C@@H](O)c1ccc(C#N)cc1N1CCCC(C(F)(F)F)C1. The van der Waals surface area contributed by atoms with E-state index in [1.807, 2.05) is 6.07 Å². The summed E-state index contributed by atoms with van der Waals surface area (Å²) in [6.07, 6.45) is -4.43. The van der Waals surface area contributed by atoms with E-state index in [2.05, 4.69) is 0 Å². The van der Waals surface area contributed by atoms with Crippen molar-refractivity contribution in [3.8, 4) is 6.07 Å². The van der Waals surface area contributed by atoms with Crippen LogP contribution >= 0.6 is 0 Å². The summed E-state index contributed by atoms with van der Waals surface area (Å²) >= 11 is 0. The molecule has 0 bridgehead atoms. The lowest BCUT2D eigenvalue weighted by Crippen LogP contribution is -2.42. The van der Waals surface area contributed by atoms with Gasteiger partial charge in [0, 0.05) is 24.3 Å². The number of aliphatic hydroxyl groups excluding tert-OH is 1. The Balaban J connectivity index is 2.34. The summed E-state index contributed by atoms with van der Waals surface area (Å²) in [6.45, 7) is 1.94. The first kappa shape index (κ1) is 15.6. The Hall–Kier alpha value is -1.74. The number of anilines is 1. The Morgan fingerprint density at radius 1 is 1.43 bits per heavy atom. The highest BCUT2D eigenvalue weighted by Gasteiger charge is 2.42. The summed E-state index contributed by atoms with van der Waals surface area (Å²) in [4.78, 5) is 1.63. The highest BCUT2D eigenvalue weighted by atomic mass is 19.4. The fourth-order valence-corrected chi connectivity index (χ4v) is 2.70. The minimum absolute atomic E-state index is 0.127. The molecular formula is C15H17F3N2O. The number of aliphatic hydroxyl groups is 1. The summed E-state index contributed by atoms with van der Waals surface area (Å²) in [6, 6.07) is 6.71. The Bertz CT molecular complexity index is 549. The normalized spacial score (nSPS) is 21.0. The summed E-state index contributed by atoms with van der Waals surface area (Å²) in [5, 5.41) is 18.8. The minimum atomic E-state index is -4.21. The molecule has 2 rings (SSSR count). The van der Waals surface area contributed by atoms with E-state index in [1.54, 1.807) is 30.0 Å². The number of halogens is 3. The highest BCUT2D eigenvalue weighted by molar-refractivity contribution is 5.58. The first-order valence-electron chi connectivity index (χ1n) is 6.86. The molecule has 1 aliphatic rings. The first-order chi connectivity index (χ1) is 9.82. The van der Waals surface area contributed by atoms with Crippen molar-refractivity contribution in [1.29, 1.82) is 5.26 Å². The van der Waals surface area contributed by atoms with Crippen LogP contribution in [0.4, 0.5) is 18.9 Å². The lowest BCUT2D eigenvalue weighted by Gasteiger charge is -2.36. The molecular weight excluding hydrogens is 281 g/mol. The van der Waals surface area contributed by atoms with Gasteiger partial charge in [0.05, 0.1) is 23.7 Å². The Morgan fingerprint density at radius 3 is 2.71 bits per heavy atom. The molecule has 3 nitrogen and oxygen atoms in total. The van der Waals surface area contributed by atoms with Crippen LogP contribution in [0.25, 0.3) is 0 Å². The fourth-order valence-electron chi connectivity index (χ4n) is 2.70. The van der Waals surface area contributed by atoms with Crippen LogP contribution in [-0.4, -0.2) is 24.4 Å². The minimum Gasteiger partial charge on any atom is -0.389 e. The van der Waals surface area contributed by atoms with Gasteiger partial charge in [-0.05, 0) is 31.9 Å². The van der Waals surface area contributed by atoms with E-state index in [0.717, 1.165) is 0 Å². The third-order valence-electron chi connectivity index (χ3n) is 3.83. The summed E-state index contributed by atoms with van der Waals surface area (Å²) in [7, 11) is 0. The van der Waals surface area contributed by atoms with Crippen molar-refractivity contribution in [3.63, 3.8) is 0 Å². The van der Waals surface area contributed by atoms with Crippen molar-refractivity contribution in [1.82, 2.24) is 0 Å². The summed E-state index contributed by atoms with van der Waals surface area (Å²) in [5.74, 6) is -1.36. The Kier molecular flexibility index (Phi) is 4.43.